The predicted octanol–water partition coefficient (Wildman–Crippen LogP) is 1.64. The van der Waals surface area contributed by atoms with Crippen LogP contribution in [0.3, 0.4) is 0 Å². The van der Waals surface area contributed by atoms with Gasteiger partial charge in [0, 0.05) is 12.7 Å². The van der Waals surface area contributed by atoms with Crippen molar-refractivity contribution in [1.82, 2.24) is 0 Å². The Morgan fingerprint density at radius 2 is 2.27 bits per heavy atom. The highest BCUT2D eigenvalue weighted by molar-refractivity contribution is 5.79. The van der Waals surface area contributed by atoms with E-state index < -0.39 is 0 Å². The van der Waals surface area contributed by atoms with Crippen molar-refractivity contribution < 1.29 is 14.6 Å². The van der Waals surface area contributed by atoms with Gasteiger partial charge in [-0.3, -0.25) is 4.79 Å². The van der Waals surface area contributed by atoms with Gasteiger partial charge in [0.25, 0.3) is 0 Å². The lowest BCUT2D eigenvalue weighted by Crippen LogP contribution is -2.07. The molecule has 0 aromatic heterocycles. The standard InChI is InChI=1S/C12H18O3/c1-10(9-14)12(6-4-5-7-13)8-11(2)15-3/h4-6,9,11,13H,1,7-8H2,2-3H3/b5-4-,12-6-. The van der Waals surface area contributed by atoms with Crippen LogP contribution in [-0.4, -0.2) is 31.2 Å². The smallest absolute Gasteiger partial charge is 0.149 e. The second-order valence-electron chi connectivity index (χ2n) is 3.20. The molecule has 0 aromatic rings. The molecule has 0 spiro atoms. The van der Waals surface area contributed by atoms with E-state index in [9.17, 15) is 4.79 Å². The Bertz CT molecular complexity index is 264. The van der Waals surface area contributed by atoms with Gasteiger partial charge in [-0.1, -0.05) is 24.8 Å². The fourth-order valence-electron chi connectivity index (χ4n) is 1.02. The minimum Gasteiger partial charge on any atom is -0.392 e. The average molecular weight is 210 g/mol. The number of allylic oxidation sites excluding steroid dienone is 3. The topological polar surface area (TPSA) is 46.5 Å². The van der Waals surface area contributed by atoms with E-state index in [2.05, 4.69) is 6.58 Å². The molecule has 0 heterocycles. The minimum atomic E-state index is -0.0167. The molecule has 0 aromatic carbocycles. The number of aliphatic hydroxyl groups is 1. The number of aliphatic hydroxyl groups excluding tert-OH is 1. The van der Waals surface area contributed by atoms with Crippen LogP contribution in [0.25, 0.3) is 0 Å². The zero-order valence-corrected chi connectivity index (χ0v) is 9.27. The highest BCUT2D eigenvalue weighted by Crippen LogP contribution is 2.14. The van der Waals surface area contributed by atoms with Gasteiger partial charge >= 0.3 is 0 Å². The van der Waals surface area contributed by atoms with Crippen LogP contribution >= 0.6 is 0 Å². The van der Waals surface area contributed by atoms with Crippen molar-refractivity contribution in [3.05, 3.63) is 36.0 Å². The first-order valence-corrected chi connectivity index (χ1v) is 4.79. The van der Waals surface area contributed by atoms with Crippen molar-refractivity contribution >= 4 is 6.29 Å². The van der Waals surface area contributed by atoms with Gasteiger partial charge in [-0.25, -0.2) is 0 Å². The van der Waals surface area contributed by atoms with Gasteiger partial charge in [-0.2, -0.15) is 0 Å². The van der Waals surface area contributed by atoms with Crippen molar-refractivity contribution in [2.45, 2.75) is 19.4 Å². The molecule has 0 radical (unpaired) electrons. The number of carbonyl (C=O) groups excluding carboxylic acids is 1. The summed E-state index contributed by atoms with van der Waals surface area (Å²) in [5, 5.41) is 8.57. The third-order valence-electron chi connectivity index (χ3n) is 2.00. The lowest BCUT2D eigenvalue weighted by atomic mass is 10.0. The summed E-state index contributed by atoms with van der Waals surface area (Å²) in [6, 6.07) is 0. The maximum atomic E-state index is 10.6. The fraction of sp³-hybridized carbons (Fsp3) is 0.417. The van der Waals surface area contributed by atoms with Crippen LogP contribution in [0.2, 0.25) is 0 Å². The molecule has 1 unspecified atom stereocenters. The van der Waals surface area contributed by atoms with E-state index in [1.54, 1.807) is 25.3 Å². The Morgan fingerprint density at radius 3 is 2.73 bits per heavy atom. The third kappa shape index (κ3) is 5.99. The molecule has 3 heteroatoms. The first-order valence-electron chi connectivity index (χ1n) is 4.79. The van der Waals surface area contributed by atoms with E-state index in [0.29, 0.717) is 12.0 Å². The average Bonchev–Trinajstić information content (AvgIpc) is 2.26. The maximum absolute atomic E-state index is 10.6. The second-order valence-corrected chi connectivity index (χ2v) is 3.20. The van der Waals surface area contributed by atoms with E-state index in [1.165, 1.54) is 0 Å². The molecule has 15 heavy (non-hydrogen) atoms. The third-order valence-corrected chi connectivity index (χ3v) is 2.00. The summed E-state index contributed by atoms with van der Waals surface area (Å²) in [4.78, 5) is 10.6. The summed E-state index contributed by atoms with van der Waals surface area (Å²) < 4.78 is 5.11. The molecule has 0 fully saturated rings. The Morgan fingerprint density at radius 1 is 1.60 bits per heavy atom. The normalized spacial score (nSPS) is 14.2. The van der Waals surface area contributed by atoms with Crippen molar-refractivity contribution in [2.24, 2.45) is 0 Å². The molecular weight excluding hydrogens is 192 g/mol. The van der Waals surface area contributed by atoms with Crippen LogP contribution in [0.4, 0.5) is 0 Å². The zero-order chi connectivity index (χ0) is 11.7. The Hall–Kier alpha value is -1.19. The van der Waals surface area contributed by atoms with Crippen LogP contribution in [0.15, 0.2) is 36.0 Å². The molecule has 1 N–H and O–H groups in total. The van der Waals surface area contributed by atoms with E-state index in [1.807, 2.05) is 6.92 Å². The van der Waals surface area contributed by atoms with Crippen LogP contribution in [-0.2, 0) is 9.53 Å². The van der Waals surface area contributed by atoms with Gasteiger partial charge in [-0.15, -0.1) is 0 Å². The number of methoxy groups -OCH3 is 1. The molecule has 0 bridgehead atoms. The number of ether oxygens (including phenoxy) is 1. The largest absolute Gasteiger partial charge is 0.392 e. The molecule has 0 aliphatic heterocycles. The van der Waals surface area contributed by atoms with E-state index in [0.717, 1.165) is 11.9 Å². The molecule has 0 rings (SSSR count). The molecule has 84 valence electrons. The van der Waals surface area contributed by atoms with Gasteiger partial charge in [0.05, 0.1) is 12.7 Å². The molecule has 1 atom stereocenters. The summed E-state index contributed by atoms with van der Waals surface area (Å²) in [5.41, 5.74) is 1.27. The number of rotatable bonds is 7. The summed E-state index contributed by atoms with van der Waals surface area (Å²) in [7, 11) is 1.62. The van der Waals surface area contributed by atoms with Gasteiger partial charge in [0.2, 0.25) is 0 Å². The summed E-state index contributed by atoms with van der Waals surface area (Å²) in [6.45, 7) is 5.55. The minimum absolute atomic E-state index is 0.0167. The number of hydrogen-bond acceptors (Lipinski definition) is 3. The Kier molecular flexibility index (Phi) is 7.50. The van der Waals surface area contributed by atoms with Crippen molar-refractivity contribution in [1.29, 1.82) is 0 Å². The van der Waals surface area contributed by atoms with Crippen molar-refractivity contribution in [3.63, 3.8) is 0 Å². The Balaban J connectivity index is 4.57. The molecular formula is C12H18O3. The quantitative estimate of drug-likeness (QED) is 0.395. The number of hydrogen-bond donors (Lipinski definition) is 1. The van der Waals surface area contributed by atoms with Crippen LogP contribution in [0.5, 0.6) is 0 Å². The summed E-state index contributed by atoms with van der Waals surface area (Å²) in [6.07, 6.45) is 6.45. The highest BCUT2D eigenvalue weighted by Gasteiger charge is 2.06. The molecule has 0 saturated heterocycles. The van der Waals surface area contributed by atoms with E-state index in [4.69, 9.17) is 9.84 Å². The van der Waals surface area contributed by atoms with Crippen LogP contribution in [0, 0.1) is 0 Å². The van der Waals surface area contributed by atoms with E-state index >= 15 is 0 Å². The van der Waals surface area contributed by atoms with Crippen molar-refractivity contribution in [3.8, 4) is 0 Å². The van der Waals surface area contributed by atoms with E-state index in [-0.39, 0.29) is 12.7 Å². The lowest BCUT2D eigenvalue weighted by molar-refractivity contribution is -0.104. The number of aldehydes is 1. The van der Waals surface area contributed by atoms with Gasteiger partial charge < -0.3 is 9.84 Å². The predicted molar refractivity (Wildman–Crippen MR) is 60.6 cm³/mol. The first kappa shape index (κ1) is 13.8. The molecule has 0 aliphatic carbocycles. The summed E-state index contributed by atoms with van der Waals surface area (Å²) >= 11 is 0. The second kappa shape index (κ2) is 8.15. The number of carbonyl (C=O) groups is 1. The zero-order valence-electron chi connectivity index (χ0n) is 9.27. The van der Waals surface area contributed by atoms with Crippen molar-refractivity contribution in [2.75, 3.05) is 13.7 Å². The molecule has 0 aliphatic rings. The molecule has 0 amide bonds. The maximum Gasteiger partial charge on any atom is 0.149 e. The Labute approximate surface area is 90.8 Å². The fourth-order valence-corrected chi connectivity index (χ4v) is 1.02. The van der Waals surface area contributed by atoms with Gasteiger partial charge in [0.1, 0.15) is 6.29 Å². The monoisotopic (exact) mass is 210 g/mol. The van der Waals surface area contributed by atoms with Gasteiger partial charge in [-0.05, 0) is 18.9 Å². The SMILES string of the molecule is C=C(C=O)/C(=C\C=C/CO)CC(C)OC. The lowest BCUT2D eigenvalue weighted by Gasteiger charge is -2.11. The summed E-state index contributed by atoms with van der Waals surface area (Å²) in [5.74, 6) is 0. The molecule has 3 nitrogen and oxygen atoms in total. The van der Waals surface area contributed by atoms with Gasteiger partial charge in [0.15, 0.2) is 0 Å². The highest BCUT2D eigenvalue weighted by atomic mass is 16.5. The first-order chi connectivity index (χ1) is 7.15. The molecule has 0 saturated carbocycles. The van der Waals surface area contributed by atoms with Crippen LogP contribution in [0.1, 0.15) is 13.3 Å². The van der Waals surface area contributed by atoms with Crippen LogP contribution < -0.4 is 0 Å².